The van der Waals surface area contributed by atoms with E-state index < -0.39 is 16.2 Å². The van der Waals surface area contributed by atoms with Crippen LogP contribution in [0.2, 0.25) is 0 Å². The molecule has 0 radical (unpaired) electrons. The van der Waals surface area contributed by atoms with Crippen LogP contribution in [-0.2, 0) is 9.73 Å². The predicted molar refractivity (Wildman–Crippen MR) is 111 cm³/mol. The molecule has 1 aliphatic rings. The van der Waals surface area contributed by atoms with Crippen LogP contribution in [0.1, 0.15) is 25.0 Å². The van der Waals surface area contributed by atoms with Gasteiger partial charge in [-0.15, -0.1) is 0 Å². The molecule has 1 fully saturated rings. The largest absolute Gasteiger partial charge is 0.356 e. The monoisotopic (exact) mass is 435 g/mol. The van der Waals surface area contributed by atoms with Gasteiger partial charge in [-0.3, -0.25) is 4.21 Å². The van der Waals surface area contributed by atoms with Gasteiger partial charge in [-0.25, -0.2) is 32.6 Å². The maximum Gasteiger partial charge on any atom is 0.282 e. The summed E-state index contributed by atoms with van der Waals surface area (Å²) < 4.78 is 43.7. The van der Waals surface area contributed by atoms with Gasteiger partial charge in [0.15, 0.2) is 5.65 Å². The van der Waals surface area contributed by atoms with E-state index in [4.69, 9.17) is 0 Å². The van der Waals surface area contributed by atoms with Gasteiger partial charge in [0.2, 0.25) is 0 Å². The Hall–Kier alpha value is -2.69. The summed E-state index contributed by atoms with van der Waals surface area (Å²) in [6.07, 6.45) is 5.67. The molecule has 0 saturated carbocycles. The van der Waals surface area contributed by atoms with Gasteiger partial charge in [0.25, 0.3) is 6.43 Å². The number of hydrogen-bond donors (Lipinski definition) is 0. The number of hydrogen-bond acceptors (Lipinski definition) is 7. The molecule has 160 valence electrons. The van der Waals surface area contributed by atoms with Crippen LogP contribution >= 0.6 is 0 Å². The van der Waals surface area contributed by atoms with Crippen molar-refractivity contribution in [2.45, 2.75) is 19.3 Å². The minimum absolute atomic E-state index is 0.309. The van der Waals surface area contributed by atoms with Gasteiger partial charge < -0.3 is 4.90 Å². The zero-order valence-corrected chi connectivity index (χ0v) is 17.6. The second kappa shape index (κ2) is 8.21. The molecule has 0 aliphatic carbocycles. The summed E-state index contributed by atoms with van der Waals surface area (Å²) in [4.78, 5) is 15.1. The van der Waals surface area contributed by atoms with Crippen LogP contribution in [0.5, 0.6) is 0 Å². The van der Waals surface area contributed by atoms with Crippen LogP contribution in [0.15, 0.2) is 35.1 Å². The summed E-state index contributed by atoms with van der Waals surface area (Å²) in [5.74, 6) is 1.06. The third kappa shape index (κ3) is 4.55. The van der Waals surface area contributed by atoms with Gasteiger partial charge in [0, 0.05) is 41.4 Å². The standard InChI is InChI=1S/C19H23F2N7OS/c1-30(2,29)25-9-13-4-3-7-27(11-13)18-8-15(23-12-24-18)16-10-22-17-6-5-14(19(20)21)26-28(16)17/h5-6,8,10,12-13,19H,3-4,7,9,11H2,1-2H3. The molecule has 1 saturated heterocycles. The molecule has 3 aromatic rings. The Morgan fingerprint density at radius 3 is 2.87 bits per heavy atom. The Morgan fingerprint density at radius 2 is 2.10 bits per heavy atom. The average Bonchev–Trinajstić information content (AvgIpc) is 3.15. The summed E-state index contributed by atoms with van der Waals surface area (Å²) >= 11 is 0. The van der Waals surface area contributed by atoms with Crippen molar-refractivity contribution in [1.82, 2.24) is 24.6 Å². The Labute approximate surface area is 173 Å². The molecule has 1 unspecified atom stereocenters. The first-order valence-corrected chi connectivity index (χ1v) is 12.0. The van der Waals surface area contributed by atoms with E-state index in [1.54, 1.807) is 18.7 Å². The fraction of sp³-hybridized carbons (Fsp3) is 0.474. The molecule has 8 nitrogen and oxygen atoms in total. The smallest absolute Gasteiger partial charge is 0.282 e. The lowest BCUT2D eigenvalue weighted by Gasteiger charge is -2.33. The quantitative estimate of drug-likeness (QED) is 0.612. The van der Waals surface area contributed by atoms with Crippen LogP contribution in [-0.4, -0.2) is 60.9 Å². The first-order chi connectivity index (χ1) is 14.3. The zero-order valence-electron chi connectivity index (χ0n) is 16.8. The third-order valence-corrected chi connectivity index (χ3v) is 5.78. The molecular formula is C19H23F2N7OS. The maximum atomic E-state index is 13.1. The topological polar surface area (TPSA) is 88.6 Å². The fourth-order valence-electron chi connectivity index (χ4n) is 3.55. The molecular weight excluding hydrogens is 412 g/mol. The zero-order chi connectivity index (χ0) is 21.3. The molecule has 3 aromatic heterocycles. The number of alkyl halides is 2. The number of halogens is 2. The number of nitrogens with zero attached hydrogens (tertiary/aromatic N) is 7. The van der Waals surface area contributed by atoms with E-state index in [9.17, 15) is 13.0 Å². The van der Waals surface area contributed by atoms with Gasteiger partial charge in [-0.05, 0) is 30.9 Å². The summed E-state index contributed by atoms with van der Waals surface area (Å²) in [6, 6.07) is 4.60. The summed E-state index contributed by atoms with van der Waals surface area (Å²) in [5.41, 5.74) is 1.23. The van der Waals surface area contributed by atoms with Gasteiger partial charge in [0.1, 0.15) is 23.5 Å². The van der Waals surface area contributed by atoms with E-state index in [0.717, 1.165) is 31.7 Å². The minimum Gasteiger partial charge on any atom is -0.356 e. The van der Waals surface area contributed by atoms with Crippen molar-refractivity contribution < 1.29 is 13.0 Å². The Balaban J connectivity index is 1.61. The highest BCUT2D eigenvalue weighted by atomic mass is 32.2. The Kier molecular flexibility index (Phi) is 5.63. The maximum absolute atomic E-state index is 13.1. The third-order valence-electron chi connectivity index (χ3n) is 5.01. The number of piperidine rings is 1. The summed E-state index contributed by atoms with van der Waals surface area (Å²) in [6.45, 7) is 2.17. The molecule has 4 rings (SSSR count). The number of imidazole rings is 1. The second-order valence-corrected chi connectivity index (χ2v) is 10.3. The summed E-state index contributed by atoms with van der Waals surface area (Å²) in [5, 5.41) is 4.00. The Morgan fingerprint density at radius 1 is 1.27 bits per heavy atom. The van der Waals surface area contributed by atoms with Gasteiger partial charge >= 0.3 is 0 Å². The van der Waals surface area contributed by atoms with E-state index in [2.05, 4.69) is 29.3 Å². The van der Waals surface area contributed by atoms with Gasteiger partial charge in [-0.1, -0.05) is 0 Å². The lowest BCUT2D eigenvalue weighted by Crippen LogP contribution is -2.37. The van der Waals surface area contributed by atoms with Crippen molar-refractivity contribution in [3.8, 4) is 11.4 Å². The molecule has 0 bridgehead atoms. The van der Waals surface area contributed by atoms with Gasteiger partial charge in [0.05, 0.1) is 18.4 Å². The highest BCUT2D eigenvalue weighted by molar-refractivity contribution is 7.92. The SMILES string of the molecule is CS(C)(=O)=NCC1CCCN(c2cc(-c3cnc4ccc(C(F)F)nn34)ncn2)C1. The van der Waals surface area contributed by atoms with Crippen LogP contribution in [0.3, 0.4) is 0 Å². The molecule has 0 spiro atoms. The van der Waals surface area contributed by atoms with Crippen molar-refractivity contribution in [2.75, 3.05) is 37.0 Å². The highest BCUT2D eigenvalue weighted by Gasteiger charge is 2.22. The fourth-order valence-corrected chi connectivity index (χ4v) is 4.12. The highest BCUT2D eigenvalue weighted by Crippen LogP contribution is 2.26. The number of aromatic nitrogens is 5. The van der Waals surface area contributed by atoms with E-state index in [-0.39, 0.29) is 5.69 Å². The van der Waals surface area contributed by atoms with Crippen LogP contribution in [0, 0.1) is 5.92 Å². The number of anilines is 1. The second-order valence-electron chi connectivity index (χ2n) is 7.68. The first kappa shape index (κ1) is 20.6. The van der Waals surface area contributed by atoms with Crippen molar-refractivity contribution in [1.29, 1.82) is 0 Å². The molecule has 4 heterocycles. The van der Waals surface area contributed by atoms with Crippen molar-refractivity contribution in [2.24, 2.45) is 10.3 Å². The summed E-state index contributed by atoms with van der Waals surface area (Å²) in [7, 11) is -2.11. The van der Waals surface area contributed by atoms with E-state index in [1.165, 1.54) is 23.0 Å². The van der Waals surface area contributed by atoms with Crippen LogP contribution in [0.4, 0.5) is 14.6 Å². The van der Waals surface area contributed by atoms with Crippen LogP contribution < -0.4 is 4.90 Å². The van der Waals surface area contributed by atoms with Crippen molar-refractivity contribution in [3.63, 3.8) is 0 Å². The molecule has 0 amide bonds. The average molecular weight is 436 g/mol. The molecule has 1 aliphatic heterocycles. The Bertz CT molecular complexity index is 1160. The molecule has 1 atom stereocenters. The number of rotatable bonds is 5. The minimum atomic E-state index is -2.66. The molecule has 0 aromatic carbocycles. The normalized spacial score (nSPS) is 17.6. The molecule has 11 heteroatoms. The predicted octanol–water partition coefficient (Wildman–Crippen LogP) is 3.07. The van der Waals surface area contributed by atoms with Crippen molar-refractivity contribution >= 4 is 21.2 Å². The van der Waals surface area contributed by atoms with E-state index in [0.29, 0.717) is 29.5 Å². The lowest BCUT2D eigenvalue weighted by atomic mass is 9.98. The molecule has 30 heavy (non-hydrogen) atoms. The van der Waals surface area contributed by atoms with Crippen LogP contribution in [0.25, 0.3) is 17.0 Å². The van der Waals surface area contributed by atoms with Gasteiger partial charge in [-0.2, -0.15) is 5.10 Å². The number of fused-ring (bicyclic) bond motifs is 1. The first-order valence-electron chi connectivity index (χ1n) is 9.63. The lowest BCUT2D eigenvalue weighted by molar-refractivity contribution is 0.144. The van der Waals surface area contributed by atoms with E-state index in [1.807, 2.05) is 6.07 Å². The molecule has 0 N–H and O–H groups in total. The van der Waals surface area contributed by atoms with E-state index >= 15 is 0 Å². The van der Waals surface area contributed by atoms with Crippen molar-refractivity contribution in [3.05, 3.63) is 36.4 Å².